The molecule has 0 radical (unpaired) electrons. The molecule has 2 aromatic heterocycles. The number of carbonyl (C=O) groups is 1. The monoisotopic (exact) mass is 434 g/mol. The highest BCUT2D eigenvalue weighted by Gasteiger charge is 2.22. The minimum atomic E-state index is 0.117. The Morgan fingerprint density at radius 3 is 2.62 bits per heavy atom. The fraction of sp³-hybridized carbons (Fsp3) is 0.500. The Bertz CT molecular complexity index is 1110. The lowest BCUT2D eigenvalue weighted by Crippen LogP contribution is -2.36. The van der Waals surface area contributed by atoms with E-state index < -0.39 is 0 Å². The maximum atomic E-state index is 12.6. The van der Waals surface area contributed by atoms with Crippen LogP contribution in [0.5, 0.6) is 5.88 Å². The number of para-hydroxylation sites is 1. The first-order chi connectivity index (χ1) is 15.5. The highest BCUT2D eigenvalue weighted by Crippen LogP contribution is 2.32. The highest BCUT2D eigenvalue weighted by molar-refractivity contribution is 5.86. The van der Waals surface area contributed by atoms with E-state index in [-0.39, 0.29) is 5.91 Å². The zero-order valence-electron chi connectivity index (χ0n) is 19.7. The molecule has 4 rings (SSSR count). The summed E-state index contributed by atoms with van der Waals surface area (Å²) in [7, 11) is 0. The molecule has 32 heavy (non-hydrogen) atoms. The first-order valence-electron chi connectivity index (χ1n) is 11.9. The van der Waals surface area contributed by atoms with Gasteiger partial charge < -0.3 is 10.1 Å². The predicted molar refractivity (Wildman–Crippen MR) is 128 cm³/mol. The van der Waals surface area contributed by atoms with Crippen molar-refractivity contribution in [3.05, 3.63) is 46.6 Å². The largest absolute Gasteiger partial charge is 0.478 e. The van der Waals surface area contributed by atoms with Gasteiger partial charge in [-0.3, -0.25) is 4.79 Å². The summed E-state index contributed by atoms with van der Waals surface area (Å²) >= 11 is 0. The number of amides is 1. The van der Waals surface area contributed by atoms with Gasteiger partial charge in [-0.05, 0) is 64.2 Å². The van der Waals surface area contributed by atoms with Gasteiger partial charge in [-0.1, -0.05) is 37.5 Å². The maximum Gasteiger partial charge on any atom is 0.220 e. The van der Waals surface area contributed by atoms with E-state index in [0.717, 1.165) is 51.9 Å². The van der Waals surface area contributed by atoms with Gasteiger partial charge in [-0.15, -0.1) is 0 Å². The second kappa shape index (κ2) is 9.72. The van der Waals surface area contributed by atoms with Gasteiger partial charge >= 0.3 is 0 Å². The highest BCUT2D eigenvalue weighted by atomic mass is 16.5. The van der Waals surface area contributed by atoms with Crippen LogP contribution in [0.4, 0.5) is 0 Å². The Hall–Kier alpha value is -2.89. The SMILES string of the molecule is CCOc1nc2c(c(C)nn2-c2ccccc2C)c(C)c1CCC(=O)NC1CCCCC1. The smallest absolute Gasteiger partial charge is 0.220 e. The number of rotatable bonds is 7. The van der Waals surface area contributed by atoms with Gasteiger partial charge in [0.2, 0.25) is 11.8 Å². The van der Waals surface area contributed by atoms with Crippen molar-refractivity contribution in [3.8, 4) is 11.6 Å². The van der Waals surface area contributed by atoms with Gasteiger partial charge in [0.1, 0.15) is 0 Å². The Kier molecular flexibility index (Phi) is 6.77. The molecule has 6 nitrogen and oxygen atoms in total. The molecule has 1 aliphatic rings. The Morgan fingerprint density at radius 1 is 1.16 bits per heavy atom. The third kappa shape index (κ3) is 4.50. The molecule has 1 N–H and O–H groups in total. The predicted octanol–water partition coefficient (Wildman–Crippen LogP) is 5.13. The van der Waals surface area contributed by atoms with Crippen molar-refractivity contribution in [2.24, 2.45) is 0 Å². The molecule has 0 unspecified atom stereocenters. The van der Waals surface area contributed by atoms with Crippen LogP contribution in [-0.4, -0.2) is 33.3 Å². The average Bonchev–Trinajstić information content (AvgIpc) is 3.11. The summed E-state index contributed by atoms with van der Waals surface area (Å²) in [6.45, 7) is 8.68. The van der Waals surface area contributed by atoms with E-state index in [1.807, 2.05) is 30.7 Å². The number of ether oxygens (including phenoxy) is 1. The van der Waals surface area contributed by atoms with Crippen LogP contribution < -0.4 is 10.1 Å². The van der Waals surface area contributed by atoms with Gasteiger partial charge in [-0.25, -0.2) is 4.68 Å². The zero-order chi connectivity index (χ0) is 22.7. The molecule has 1 saturated carbocycles. The Balaban J connectivity index is 1.66. The zero-order valence-corrected chi connectivity index (χ0v) is 19.7. The summed E-state index contributed by atoms with van der Waals surface area (Å²) in [5.74, 6) is 0.726. The first kappa shape index (κ1) is 22.3. The lowest BCUT2D eigenvalue weighted by molar-refractivity contribution is -0.121. The van der Waals surface area contributed by atoms with Crippen molar-refractivity contribution in [1.82, 2.24) is 20.1 Å². The molecule has 1 amide bonds. The summed E-state index contributed by atoms with van der Waals surface area (Å²) in [6, 6.07) is 8.51. The van der Waals surface area contributed by atoms with Crippen molar-refractivity contribution in [2.75, 3.05) is 6.61 Å². The molecule has 6 heteroatoms. The van der Waals surface area contributed by atoms with Crippen LogP contribution in [0, 0.1) is 20.8 Å². The topological polar surface area (TPSA) is 69.0 Å². The van der Waals surface area contributed by atoms with E-state index in [1.165, 1.54) is 19.3 Å². The minimum Gasteiger partial charge on any atom is -0.478 e. The second-order valence-electron chi connectivity index (χ2n) is 8.84. The number of pyridine rings is 1. The van der Waals surface area contributed by atoms with Gasteiger partial charge in [0, 0.05) is 23.4 Å². The van der Waals surface area contributed by atoms with Crippen LogP contribution >= 0.6 is 0 Å². The average molecular weight is 435 g/mol. The summed E-state index contributed by atoms with van der Waals surface area (Å²) in [5, 5.41) is 9.08. The summed E-state index contributed by atoms with van der Waals surface area (Å²) < 4.78 is 7.87. The number of benzene rings is 1. The number of aryl methyl sites for hydroxylation is 3. The van der Waals surface area contributed by atoms with Crippen LogP contribution in [0.1, 0.15) is 67.8 Å². The van der Waals surface area contributed by atoms with E-state index >= 15 is 0 Å². The van der Waals surface area contributed by atoms with E-state index in [4.69, 9.17) is 14.8 Å². The molecule has 0 spiro atoms. The number of hydrogen-bond donors (Lipinski definition) is 1. The molecule has 3 aromatic rings. The molecular weight excluding hydrogens is 400 g/mol. The number of carbonyl (C=O) groups excluding carboxylic acids is 1. The Morgan fingerprint density at radius 2 is 1.91 bits per heavy atom. The molecule has 0 bridgehead atoms. The fourth-order valence-corrected chi connectivity index (χ4v) is 4.84. The van der Waals surface area contributed by atoms with Gasteiger partial charge in [-0.2, -0.15) is 10.1 Å². The van der Waals surface area contributed by atoms with E-state index in [1.54, 1.807) is 0 Å². The number of nitrogens with zero attached hydrogens (tertiary/aromatic N) is 3. The van der Waals surface area contributed by atoms with Crippen LogP contribution in [0.25, 0.3) is 16.7 Å². The summed E-state index contributed by atoms with van der Waals surface area (Å²) in [6.07, 6.45) is 6.95. The van der Waals surface area contributed by atoms with E-state index in [2.05, 4.69) is 31.3 Å². The molecule has 1 fully saturated rings. The quantitative estimate of drug-likeness (QED) is 0.560. The van der Waals surface area contributed by atoms with Gasteiger partial charge in [0.25, 0.3) is 0 Å². The molecule has 170 valence electrons. The molecule has 0 saturated heterocycles. The molecule has 1 aliphatic carbocycles. The van der Waals surface area contributed by atoms with Crippen LogP contribution in [0.3, 0.4) is 0 Å². The van der Waals surface area contributed by atoms with E-state index in [9.17, 15) is 4.79 Å². The summed E-state index contributed by atoms with van der Waals surface area (Å²) in [5.41, 5.74) is 5.99. The van der Waals surface area contributed by atoms with E-state index in [0.29, 0.717) is 31.4 Å². The maximum absolute atomic E-state index is 12.6. The number of nitrogens with one attached hydrogen (secondary N) is 1. The molecule has 1 aromatic carbocycles. The fourth-order valence-electron chi connectivity index (χ4n) is 4.84. The van der Waals surface area contributed by atoms with Crippen molar-refractivity contribution in [1.29, 1.82) is 0 Å². The van der Waals surface area contributed by atoms with Gasteiger partial charge in [0.15, 0.2) is 5.65 Å². The normalized spacial score (nSPS) is 14.6. The van der Waals surface area contributed by atoms with Crippen LogP contribution in [0.15, 0.2) is 24.3 Å². The van der Waals surface area contributed by atoms with Crippen LogP contribution in [0.2, 0.25) is 0 Å². The number of aromatic nitrogens is 3. The third-order valence-electron chi connectivity index (χ3n) is 6.53. The first-order valence-corrected chi connectivity index (χ1v) is 11.9. The Labute approximate surface area is 190 Å². The van der Waals surface area contributed by atoms with Gasteiger partial charge in [0.05, 0.1) is 18.0 Å². The minimum absolute atomic E-state index is 0.117. The molecule has 0 aliphatic heterocycles. The number of hydrogen-bond acceptors (Lipinski definition) is 4. The van der Waals surface area contributed by atoms with Crippen molar-refractivity contribution >= 4 is 16.9 Å². The van der Waals surface area contributed by atoms with Crippen LogP contribution in [-0.2, 0) is 11.2 Å². The van der Waals surface area contributed by atoms with Crippen molar-refractivity contribution in [3.63, 3.8) is 0 Å². The molecule has 2 heterocycles. The number of fused-ring (bicyclic) bond motifs is 1. The molecular formula is C26H34N4O2. The lowest BCUT2D eigenvalue weighted by Gasteiger charge is -2.23. The van der Waals surface area contributed by atoms with Crippen molar-refractivity contribution in [2.45, 2.75) is 78.7 Å². The lowest BCUT2D eigenvalue weighted by atomic mass is 9.95. The molecule has 0 atom stereocenters. The third-order valence-corrected chi connectivity index (χ3v) is 6.53. The van der Waals surface area contributed by atoms with Crippen molar-refractivity contribution < 1.29 is 9.53 Å². The standard InChI is InChI=1S/C26H34N4O2/c1-5-32-26-21(15-16-23(31)27-20-12-7-6-8-13-20)18(3)24-19(4)29-30(25(24)28-26)22-14-10-9-11-17(22)2/h9-11,14,20H,5-8,12-13,15-16H2,1-4H3,(H,27,31). The second-order valence-corrected chi connectivity index (χ2v) is 8.84. The summed E-state index contributed by atoms with van der Waals surface area (Å²) in [4.78, 5) is 17.5.